The molecule has 1 nitrogen and oxygen atoms in total. The predicted octanol–water partition coefficient (Wildman–Crippen LogP) is 10.5. The van der Waals surface area contributed by atoms with Gasteiger partial charge in [-0.25, -0.2) is 0 Å². The zero-order valence-corrected chi connectivity index (χ0v) is 23.1. The molecule has 0 radical (unpaired) electrons. The molecule has 0 aliphatic rings. The molecule has 0 aromatic heterocycles. The van der Waals surface area contributed by atoms with Crippen LogP contribution in [0.2, 0.25) is 0 Å². The van der Waals surface area contributed by atoms with E-state index < -0.39 is 0 Å². The van der Waals surface area contributed by atoms with Gasteiger partial charge in [0.15, 0.2) is 0 Å². The molecule has 1 rings (SSSR count). The van der Waals surface area contributed by atoms with Crippen LogP contribution in [0.3, 0.4) is 0 Å². The number of rotatable bonds is 24. The molecule has 0 saturated heterocycles. The summed E-state index contributed by atoms with van der Waals surface area (Å²) in [4.78, 5) is 0. The monoisotopic (exact) mass is 458 g/mol. The largest absolute Gasteiger partial charge is 0.325 e. The lowest BCUT2D eigenvalue weighted by molar-refractivity contribution is -0.903. The Hall–Kier alpha value is -0.820. The maximum Gasteiger partial charge on any atom is 0.104 e. The van der Waals surface area contributed by atoms with E-state index in [1.54, 1.807) is 0 Å². The van der Waals surface area contributed by atoms with Crippen LogP contribution in [0.4, 0.5) is 0 Å². The summed E-state index contributed by atoms with van der Waals surface area (Å²) in [6, 6.07) is 11.0. The van der Waals surface area contributed by atoms with E-state index in [-0.39, 0.29) is 0 Å². The van der Waals surface area contributed by atoms with E-state index in [1.165, 1.54) is 147 Å². The van der Waals surface area contributed by atoms with Gasteiger partial charge >= 0.3 is 0 Å². The third kappa shape index (κ3) is 20.3. The fraction of sp³-hybridized carbons (Fsp3) is 0.812. The average Bonchev–Trinajstić information content (AvgIpc) is 2.80. The predicted molar refractivity (Wildman–Crippen MR) is 150 cm³/mol. The second kappa shape index (κ2) is 21.7. The van der Waals surface area contributed by atoms with Gasteiger partial charge in [-0.2, -0.15) is 0 Å². The van der Waals surface area contributed by atoms with Gasteiger partial charge in [0.1, 0.15) is 6.54 Å². The van der Waals surface area contributed by atoms with Crippen molar-refractivity contribution in [1.29, 1.82) is 0 Å². The molecular weight excluding hydrogens is 398 g/mol. The number of benzene rings is 1. The molecular formula is C32H60N+. The van der Waals surface area contributed by atoms with Crippen LogP contribution in [0.5, 0.6) is 0 Å². The van der Waals surface area contributed by atoms with Crippen LogP contribution in [0.25, 0.3) is 0 Å². The quantitative estimate of drug-likeness (QED) is 0.107. The molecule has 0 aliphatic carbocycles. The van der Waals surface area contributed by atoms with E-state index in [0.29, 0.717) is 0 Å². The molecule has 0 amide bonds. The van der Waals surface area contributed by atoms with Gasteiger partial charge in [0, 0.05) is 5.56 Å². The number of nitrogens with zero attached hydrogens (tertiary/aromatic N) is 1. The fourth-order valence-corrected chi connectivity index (χ4v) is 5.13. The molecule has 0 aliphatic heterocycles. The maximum absolute atomic E-state index is 2.38. The molecule has 0 bridgehead atoms. The summed E-state index contributed by atoms with van der Waals surface area (Å²) >= 11 is 0. The van der Waals surface area contributed by atoms with E-state index in [4.69, 9.17) is 0 Å². The highest BCUT2D eigenvalue weighted by Crippen LogP contribution is 2.16. The van der Waals surface area contributed by atoms with Crippen molar-refractivity contribution in [3.8, 4) is 0 Å². The Morgan fingerprint density at radius 2 is 0.788 bits per heavy atom. The zero-order valence-electron chi connectivity index (χ0n) is 23.1. The van der Waals surface area contributed by atoms with Crippen molar-refractivity contribution < 1.29 is 4.48 Å². The van der Waals surface area contributed by atoms with Crippen LogP contribution in [0.15, 0.2) is 30.3 Å². The smallest absolute Gasteiger partial charge is 0.104 e. The molecule has 33 heavy (non-hydrogen) atoms. The summed E-state index contributed by atoms with van der Waals surface area (Å²) in [5.74, 6) is 0. The molecule has 0 spiro atoms. The molecule has 1 aromatic carbocycles. The van der Waals surface area contributed by atoms with Crippen molar-refractivity contribution >= 4 is 0 Å². The summed E-state index contributed by atoms with van der Waals surface area (Å²) < 4.78 is 1.11. The van der Waals surface area contributed by atoms with Crippen molar-refractivity contribution in [3.63, 3.8) is 0 Å². The summed E-state index contributed by atoms with van der Waals surface area (Å²) in [5.41, 5.74) is 1.46. The summed E-state index contributed by atoms with van der Waals surface area (Å²) in [7, 11) is 4.76. The molecule has 0 fully saturated rings. The van der Waals surface area contributed by atoms with E-state index >= 15 is 0 Å². The molecule has 192 valence electrons. The minimum atomic E-state index is 1.11. The van der Waals surface area contributed by atoms with E-state index in [1.807, 2.05) is 0 Å². The summed E-state index contributed by atoms with van der Waals surface area (Å²) in [6.45, 7) is 4.76. The molecule has 0 heterocycles. The molecule has 0 N–H and O–H groups in total. The van der Waals surface area contributed by atoms with Crippen LogP contribution >= 0.6 is 0 Å². The van der Waals surface area contributed by atoms with Gasteiger partial charge in [0.05, 0.1) is 20.6 Å². The minimum Gasteiger partial charge on any atom is -0.325 e. The van der Waals surface area contributed by atoms with Crippen LogP contribution < -0.4 is 0 Å². The fourth-order valence-electron chi connectivity index (χ4n) is 5.13. The highest BCUT2D eigenvalue weighted by molar-refractivity contribution is 5.13. The Balaban J connectivity index is 1.75. The van der Waals surface area contributed by atoms with Gasteiger partial charge in [-0.15, -0.1) is 0 Å². The minimum absolute atomic E-state index is 1.11. The van der Waals surface area contributed by atoms with Gasteiger partial charge in [0.2, 0.25) is 0 Å². The highest BCUT2D eigenvalue weighted by atomic mass is 15.3. The molecule has 1 aromatic rings. The summed E-state index contributed by atoms with van der Waals surface area (Å²) in [5, 5.41) is 0. The zero-order chi connectivity index (χ0) is 23.9. The Morgan fingerprint density at radius 3 is 1.15 bits per heavy atom. The van der Waals surface area contributed by atoms with Crippen LogP contribution in [0.1, 0.15) is 147 Å². The van der Waals surface area contributed by atoms with E-state index in [2.05, 4.69) is 51.4 Å². The van der Waals surface area contributed by atoms with Crippen LogP contribution in [0, 0.1) is 0 Å². The first-order chi connectivity index (χ1) is 16.1. The van der Waals surface area contributed by atoms with E-state index in [9.17, 15) is 0 Å². The SMILES string of the molecule is CCCCCCCCCCCCCCCCCCCCCCC[N+](C)(C)Cc1ccccc1. The standard InChI is InChI=1S/C32H60N/c1-4-5-6-7-8-9-10-11-12-13-14-15-16-17-18-19-20-21-22-23-27-30-33(2,3)31-32-28-25-24-26-29-32/h24-26,28-29H,4-23,27,30-31H2,1-3H3/q+1. The molecule has 0 atom stereocenters. The van der Waals surface area contributed by atoms with Crippen molar-refractivity contribution in [2.45, 2.75) is 148 Å². The number of unbranched alkanes of at least 4 members (excludes halogenated alkanes) is 20. The lowest BCUT2D eigenvalue weighted by Crippen LogP contribution is -2.39. The third-order valence-electron chi connectivity index (χ3n) is 7.32. The van der Waals surface area contributed by atoms with Crippen LogP contribution in [-0.2, 0) is 6.54 Å². The van der Waals surface area contributed by atoms with Gasteiger partial charge in [-0.05, 0) is 12.8 Å². The number of quaternary nitrogens is 1. The summed E-state index contributed by atoms with van der Waals surface area (Å²) in [6.07, 6.45) is 30.6. The number of hydrogen-bond donors (Lipinski definition) is 0. The van der Waals surface area contributed by atoms with Crippen molar-refractivity contribution in [3.05, 3.63) is 35.9 Å². The Bertz CT molecular complexity index is 506. The van der Waals surface area contributed by atoms with Gasteiger partial charge in [-0.3, -0.25) is 0 Å². The second-order valence-electron chi connectivity index (χ2n) is 11.4. The highest BCUT2D eigenvalue weighted by Gasteiger charge is 2.14. The Kier molecular flexibility index (Phi) is 19.9. The third-order valence-corrected chi connectivity index (χ3v) is 7.32. The second-order valence-corrected chi connectivity index (χ2v) is 11.4. The van der Waals surface area contributed by atoms with Crippen molar-refractivity contribution in [2.75, 3.05) is 20.6 Å². The van der Waals surface area contributed by atoms with E-state index in [0.717, 1.165) is 11.0 Å². The first kappa shape index (κ1) is 30.2. The topological polar surface area (TPSA) is 0 Å². The van der Waals surface area contributed by atoms with Gasteiger partial charge in [-0.1, -0.05) is 159 Å². The first-order valence-electron chi connectivity index (χ1n) is 15.0. The Morgan fingerprint density at radius 1 is 0.455 bits per heavy atom. The average molecular weight is 459 g/mol. The number of hydrogen-bond acceptors (Lipinski definition) is 0. The Labute approximate surface area is 209 Å². The van der Waals surface area contributed by atoms with Crippen LogP contribution in [-0.4, -0.2) is 25.1 Å². The van der Waals surface area contributed by atoms with Crippen molar-refractivity contribution in [2.24, 2.45) is 0 Å². The van der Waals surface area contributed by atoms with Gasteiger partial charge < -0.3 is 4.48 Å². The normalized spacial score (nSPS) is 11.8. The maximum atomic E-state index is 2.38. The lowest BCUT2D eigenvalue weighted by Gasteiger charge is -2.30. The van der Waals surface area contributed by atoms with Gasteiger partial charge in [0.25, 0.3) is 0 Å². The first-order valence-corrected chi connectivity index (χ1v) is 15.0. The lowest BCUT2D eigenvalue weighted by atomic mass is 10.0. The van der Waals surface area contributed by atoms with Crippen molar-refractivity contribution in [1.82, 2.24) is 0 Å². The molecule has 1 heteroatoms. The molecule has 0 saturated carbocycles. The molecule has 0 unspecified atom stereocenters.